The average Bonchev–Trinajstić information content (AvgIpc) is 3.16. The van der Waals surface area contributed by atoms with E-state index in [-0.39, 0.29) is 33.5 Å². The van der Waals surface area contributed by atoms with Gasteiger partial charge in [0.1, 0.15) is 5.75 Å². The number of aromatic nitrogens is 1. The molecule has 0 radical (unpaired) electrons. The third kappa shape index (κ3) is 5.47. The molecule has 9 nitrogen and oxygen atoms in total. The fraction of sp³-hybridized carbons (Fsp3) is 0.231. The summed E-state index contributed by atoms with van der Waals surface area (Å²) in [5.74, 6) is -1.14. The van der Waals surface area contributed by atoms with Gasteiger partial charge in [0.2, 0.25) is 0 Å². The van der Waals surface area contributed by atoms with Gasteiger partial charge in [0.15, 0.2) is 17.2 Å². The summed E-state index contributed by atoms with van der Waals surface area (Å²) in [7, 11) is 1.53. The number of halogens is 2. The Hall–Kier alpha value is -3.60. The van der Waals surface area contributed by atoms with Crippen LogP contribution in [0.15, 0.2) is 57.5 Å². The van der Waals surface area contributed by atoms with E-state index in [0.717, 1.165) is 11.3 Å². The van der Waals surface area contributed by atoms with Gasteiger partial charge >= 0.3 is 11.9 Å². The number of carboxylic acid groups (broad SMARTS) is 1. The highest BCUT2D eigenvalue weighted by molar-refractivity contribution is 7.07. The van der Waals surface area contributed by atoms with Crippen LogP contribution in [0.4, 0.5) is 0 Å². The smallest absolute Gasteiger partial charge is 0.341 e. The average molecular weight is 577 g/mol. The number of fused-ring (bicyclic) bond motifs is 1. The van der Waals surface area contributed by atoms with E-state index in [1.54, 1.807) is 44.2 Å². The highest BCUT2D eigenvalue weighted by Gasteiger charge is 2.33. The Balaban J connectivity index is 1.88. The van der Waals surface area contributed by atoms with E-state index in [1.807, 2.05) is 0 Å². The van der Waals surface area contributed by atoms with Gasteiger partial charge in [-0.2, -0.15) is 0 Å². The number of benzene rings is 2. The van der Waals surface area contributed by atoms with Gasteiger partial charge in [-0.15, -0.1) is 0 Å². The number of esters is 1. The van der Waals surface area contributed by atoms with Crippen LogP contribution in [0.3, 0.4) is 0 Å². The lowest BCUT2D eigenvalue weighted by Gasteiger charge is -2.25. The molecule has 1 aliphatic rings. The summed E-state index contributed by atoms with van der Waals surface area (Å²) < 4.78 is 17.6. The van der Waals surface area contributed by atoms with Crippen LogP contribution in [0.5, 0.6) is 11.5 Å². The summed E-state index contributed by atoms with van der Waals surface area (Å²) in [5.41, 5.74) is 1.46. The van der Waals surface area contributed by atoms with Crippen LogP contribution >= 0.6 is 34.5 Å². The SMILES string of the molecule is CCOC(=O)C1=C(C)N=c2sc(=Cc3cc(Cl)c(OCC(=O)O)c(Cl)c3)c(=O)n2[C@H]1c1cccc(OC)c1. The van der Waals surface area contributed by atoms with E-state index in [4.69, 9.17) is 42.5 Å². The molecule has 0 saturated carbocycles. The predicted molar refractivity (Wildman–Crippen MR) is 143 cm³/mol. The molecule has 0 fully saturated rings. The third-order valence-corrected chi connectivity index (χ3v) is 7.13. The second-order valence-electron chi connectivity index (χ2n) is 8.07. The first-order valence-electron chi connectivity index (χ1n) is 11.3. The molecule has 1 aliphatic heterocycles. The van der Waals surface area contributed by atoms with Crippen LogP contribution in [0.25, 0.3) is 6.08 Å². The number of carbonyl (C=O) groups excluding carboxylic acids is 1. The Labute approximate surface area is 230 Å². The fourth-order valence-electron chi connectivity index (χ4n) is 4.00. The molecule has 2 heterocycles. The molecule has 1 atom stereocenters. The molecule has 0 amide bonds. The number of hydrogen-bond donors (Lipinski definition) is 1. The molecule has 198 valence electrons. The van der Waals surface area contributed by atoms with E-state index in [9.17, 15) is 14.4 Å². The number of carbonyl (C=O) groups is 2. The monoisotopic (exact) mass is 576 g/mol. The summed E-state index contributed by atoms with van der Waals surface area (Å²) in [6, 6.07) is 9.34. The van der Waals surface area contributed by atoms with Crippen molar-refractivity contribution in [2.45, 2.75) is 19.9 Å². The minimum Gasteiger partial charge on any atom is -0.497 e. The number of allylic oxidation sites excluding steroid dienone is 1. The molecule has 3 aromatic rings. The first-order chi connectivity index (χ1) is 18.1. The highest BCUT2D eigenvalue weighted by Crippen LogP contribution is 2.35. The standard InChI is InChI=1S/C26H22Cl2N2O7S/c1-4-36-25(34)21-13(2)29-26-30(22(21)15-6-5-7-16(11-15)35-3)24(33)19(38-26)10-14-8-17(27)23(18(28)9-14)37-12-20(31)32/h5-11,22H,4,12H2,1-3H3,(H,31,32)/t22-/m0/s1. The van der Waals surface area contributed by atoms with Crippen molar-refractivity contribution in [1.82, 2.24) is 4.57 Å². The van der Waals surface area contributed by atoms with E-state index in [0.29, 0.717) is 31.9 Å². The van der Waals surface area contributed by atoms with E-state index in [1.165, 1.54) is 23.8 Å². The largest absolute Gasteiger partial charge is 0.497 e. The van der Waals surface area contributed by atoms with Crippen molar-refractivity contribution in [3.8, 4) is 11.5 Å². The second kappa shape index (κ2) is 11.4. The lowest BCUT2D eigenvalue weighted by atomic mass is 9.95. The Morgan fingerprint density at radius 3 is 2.55 bits per heavy atom. The first-order valence-corrected chi connectivity index (χ1v) is 12.9. The van der Waals surface area contributed by atoms with Crippen LogP contribution in [0.1, 0.15) is 31.0 Å². The summed E-state index contributed by atoms with van der Waals surface area (Å²) in [6.45, 7) is 2.96. The molecule has 0 saturated heterocycles. The van der Waals surface area contributed by atoms with Gasteiger partial charge in [0, 0.05) is 0 Å². The van der Waals surface area contributed by atoms with Crippen LogP contribution in [0, 0.1) is 0 Å². The Bertz CT molecular complexity index is 1620. The molecular formula is C26H22Cl2N2O7S. The quantitative estimate of drug-likeness (QED) is 0.407. The molecule has 1 aromatic heterocycles. The molecule has 38 heavy (non-hydrogen) atoms. The minimum atomic E-state index is -1.18. The van der Waals surface area contributed by atoms with Gasteiger partial charge in [-0.1, -0.05) is 46.7 Å². The number of rotatable bonds is 8. The first kappa shape index (κ1) is 27.4. The van der Waals surface area contributed by atoms with E-state index >= 15 is 0 Å². The maximum atomic E-state index is 13.7. The molecule has 1 N–H and O–H groups in total. The summed E-state index contributed by atoms with van der Waals surface area (Å²) >= 11 is 13.7. The molecule has 0 spiro atoms. The normalized spacial score (nSPS) is 15.1. The molecular weight excluding hydrogens is 555 g/mol. The zero-order chi connectivity index (χ0) is 27.6. The molecule has 12 heteroatoms. The van der Waals surface area contributed by atoms with Gasteiger partial charge in [-0.25, -0.2) is 14.6 Å². The lowest BCUT2D eigenvalue weighted by molar-refractivity contribution is -0.140. The molecule has 0 aliphatic carbocycles. The lowest BCUT2D eigenvalue weighted by Crippen LogP contribution is -2.39. The second-order valence-corrected chi connectivity index (χ2v) is 9.90. The maximum Gasteiger partial charge on any atom is 0.341 e. The van der Waals surface area contributed by atoms with Gasteiger partial charge in [0.25, 0.3) is 5.56 Å². The summed E-state index contributed by atoms with van der Waals surface area (Å²) in [4.78, 5) is 42.5. The van der Waals surface area contributed by atoms with Gasteiger partial charge < -0.3 is 19.3 Å². The van der Waals surface area contributed by atoms with Crippen molar-refractivity contribution in [2.24, 2.45) is 4.99 Å². The van der Waals surface area contributed by atoms with E-state index in [2.05, 4.69) is 4.99 Å². The van der Waals surface area contributed by atoms with Gasteiger partial charge in [-0.3, -0.25) is 9.36 Å². The van der Waals surface area contributed by atoms with Crippen LogP contribution in [-0.4, -0.2) is 41.9 Å². The number of methoxy groups -OCH3 is 1. The molecule has 2 aromatic carbocycles. The van der Waals surface area contributed by atoms with Gasteiger partial charge in [-0.05, 0) is 55.3 Å². The third-order valence-electron chi connectivity index (χ3n) is 5.58. The fourth-order valence-corrected chi connectivity index (χ4v) is 5.66. The Morgan fingerprint density at radius 2 is 1.92 bits per heavy atom. The summed E-state index contributed by atoms with van der Waals surface area (Å²) in [6.07, 6.45) is 1.59. The number of aliphatic carboxylic acids is 1. The highest BCUT2D eigenvalue weighted by atomic mass is 35.5. The summed E-state index contributed by atoms with van der Waals surface area (Å²) in [5, 5.41) is 9.03. The number of hydrogen-bond acceptors (Lipinski definition) is 8. The molecule has 0 bridgehead atoms. The van der Waals surface area contributed by atoms with Crippen molar-refractivity contribution in [3.05, 3.63) is 88.5 Å². The predicted octanol–water partition coefficient (Wildman–Crippen LogP) is 3.58. The number of ether oxygens (including phenoxy) is 3. The van der Waals surface area contributed by atoms with Crippen molar-refractivity contribution < 1.29 is 28.9 Å². The van der Waals surface area contributed by atoms with Crippen LogP contribution < -0.4 is 24.4 Å². The minimum absolute atomic E-state index is 0.0297. The number of carboxylic acids is 1. The van der Waals surface area contributed by atoms with E-state index < -0.39 is 24.6 Å². The van der Waals surface area contributed by atoms with Crippen LogP contribution in [0.2, 0.25) is 10.0 Å². The Kier molecular flexibility index (Phi) is 8.25. The van der Waals surface area contributed by atoms with Crippen molar-refractivity contribution in [1.29, 1.82) is 0 Å². The van der Waals surface area contributed by atoms with Crippen molar-refractivity contribution in [2.75, 3.05) is 20.3 Å². The zero-order valence-electron chi connectivity index (χ0n) is 20.5. The number of thiazole rings is 1. The topological polar surface area (TPSA) is 116 Å². The molecule has 0 unspecified atom stereocenters. The maximum absolute atomic E-state index is 13.7. The number of nitrogens with zero attached hydrogens (tertiary/aromatic N) is 2. The van der Waals surface area contributed by atoms with Crippen LogP contribution in [-0.2, 0) is 14.3 Å². The zero-order valence-corrected chi connectivity index (χ0v) is 22.8. The van der Waals surface area contributed by atoms with Crippen molar-refractivity contribution in [3.63, 3.8) is 0 Å². The Morgan fingerprint density at radius 1 is 1.21 bits per heavy atom. The van der Waals surface area contributed by atoms with Gasteiger partial charge in [0.05, 0.1) is 45.6 Å². The molecule has 4 rings (SSSR count). The van der Waals surface area contributed by atoms with Crippen molar-refractivity contribution >= 4 is 52.6 Å².